The third-order valence-corrected chi connectivity index (χ3v) is 4.63. The molecule has 2 aromatic carbocycles. The zero-order valence-electron chi connectivity index (χ0n) is 13.5. The van der Waals surface area contributed by atoms with E-state index in [1.54, 1.807) is 30.6 Å². The minimum Gasteiger partial charge on any atom is -0.366 e. The highest BCUT2D eigenvalue weighted by Gasteiger charge is 2.44. The maximum atomic E-state index is 12.5. The number of primary amides is 1. The predicted molar refractivity (Wildman–Crippen MR) is 96.2 cm³/mol. The van der Waals surface area contributed by atoms with E-state index in [-0.39, 0.29) is 17.7 Å². The van der Waals surface area contributed by atoms with Crippen molar-refractivity contribution in [2.75, 3.05) is 5.32 Å². The fraction of sp³-hybridized carbons (Fsp3) is 0.150. The smallest absolute Gasteiger partial charge is 0.248 e. The molecule has 2 amide bonds. The molecule has 25 heavy (non-hydrogen) atoms. The van der Waals surface area contributed by atoms with Gasteiger partial charge in [-0.1, -0.05) is 18.2 Å². The Hall–Kier alpha value is -3.21. The minimum absolute atomic E-state index is 0.00267. The number of benzene rings is 2. The number of carbonyl (C=O) groups excluding carboxylic acids is 2. The van der Waals surface area contributed by atoms with Crippen molar-refractivity contribution in [2.24, 2.45) is 11.7 Å². The second kappa shape index (κ2) is 6.02. The number of hydrogen-bond donors (Lipinski definition) is 2. The van der Waals surface area contributed by atoms with Gasteiger partial charge in [-0.25, -0.2) is 0 Å². The van der Waals surface area contributed by atoms with Crippen molar-refractivity contribution in [1.82, 2.24) is 4.98 Å². The quantitative estimate of drug-likeness (QED) is 0.770. The number of amides is 2. The normalized spacial score (nSPS) is 18.7. The molecule has 0 aliphatic heterocycles. The molecule has 1 fully saturated rings. The van der Waals surface area contributed by atoms with Crippen molar-refractivity contribution >= 4 is 28.3 Å². The highest BCUT2D eigenvalue weighted by molar-refractivity contribution is 5.97. The minimum atomic E-state index is -0.450. The SMILES string of the molecule is NC(=O)c1cccc([C@@H]2C[C@H]2C(=O)Nc2ccc3cnccc3c2)c1. The Morgan fingerprint density at radius 3 is 2.80 bits per heavy atom. The van der Waals surface area contributed by atoms with E-state index >= 15 is 0 Å². The van der Waals surface area contributed by atoms with Gasteiger partial charge in [-0.3, -0.25) is 14.6 Å². The summed E-state index contributed by atoms with van der Waals surface area (Å²) < 4.78 is 0. The number of nitrogens with zero attached hydrogens (tertiary/aromatic N) is 1. The average Bonchev–Trinajstić information content (AvgIpc) is 3.43. The van der Waals surface area contributed by atoms with E-state index in [4.69, 9.17) is 5.73 Å². The summed E-state index contributed by atoms with van der Waals surface area (Å²) in [4.78, 5) is 27.9. The van der Waals surface area contributed by atoms with Gasteiger partial charge in [0.05, 0.1) is 0 Å². The van der Waals surface area contributed by atoms with Crippen LogP contribution in [0.3, 0.4) is 0 Å². The Kier molecular flexibility index (Phi) is 3.69. The number of anilines is 1. The van der Waals surface area contributed by atoms with Crippen LogP contribution >= 0.6 is 0 Å². The van der Waals surface area contributed by atoms with Crippen LogP contribution in [0.4, 0.5) is 5.69 Å². The topological polar surface area (TPSA) is 85.1 Å². The molecule has 2 atom stereocenters. The molecule has 1 saturated carbocycles. The Morgan fingerprint density at radius 2 is 1.96 bits per heavy atom. The lowest BCUT2D eigenvalue weighted by atomic mass is 10.1. The number of nitrogens with one attached hydrogen (secondary N) is 1. The molecule has 1 aliphatic rings. The monoisotopic (exact) mass is 331 g/mol. The predicted octanol–water partition coefficient (Wildman–Crippen LogP) is 3.08. The lowest BCUT2D eigenvalue weighted by molar-refractivity contribution is -0.117. The van der Waals surface area contributed by atoms with Crippen LogP contribution in [-0.4, -0.2) is 16.8 Å². The van der Waals surface area contributed by atoms with Gasteiger partial charge in [-0.2, -0.15) is 0 Å². The number of hydrogen-bond acceptors (Lipinski definition) is 3. The van der Waals surface area contributed by atoms with Gasteiger partial charge in [0.2, 0.25) is 11.8 Å². The van der Waals surface area contributed by atoms with E-state index in [1.807, 2.05) is 30.3 Å². The second-order valence-corrected chi connectivity index (χ2v) is 6.37. The Balaban J connectivity index is 1.47. The summed E-state index contributed by atoms with van der Waals surface area (Å²) in [5, 5.41) is 5.05. The highest BCUT2D eigenvalue weighted by atomic mass is 16.2. The standard InChI is InChI=1S/C20H17N3O2/c21-19(24)14-3-1-2-13(8-14)17-10-18(17)20(25)23-16-5-4-15-11-22-7-6-12(15)9-16/h1-9,11,17-18H,10H2,(H2,21,24)(H,23,25)/t17-,18+/m0/s1. The molecule has 1 heterocycles. The van der Waals surface area contributed by atoms with Crippen LogP contribution in [0.1, 0.15) is 28.3 Å². The summed E-state index contributed by atoms with van der Waals surface area (Å²) in [5.41, 5.74) is 7.57. The number of fused-ring (bicyclic) bond motifs is 1. The van der Waals surface area contributed by atoms with Gasteiger partial charge < -0.3 is 11.1 Å². The first-order chi connectivity index (χ1) is 12.1. The summed E-state index contributed by atoms with van der Waals surface area (Å²) in [6.45, 7) is 0. The van der Waals surface area contributed by atoms with Gasteiger partial charge >= 0.3 is 0 Å². The molecule has 124 valence electrons. The van der Waals surface area contributed by atoms with Gasteiger partial charge in [-0.05, 0) is 53.6 Å². The highest BCUT2D eigenvalue weighted by Crippen LogP contribution is 2.48. The fourth-order valence-corrected chi connectivity index (χ4v) is 3.17. The molecule has 5 nitrogen and oxygen atoms in total. The van der Waals surface area contributed by atoms with Crippen molar-refractivity contribution < 1.29 is 9.59 Å². The zero-order chi connectivity index (χ0) is 17.4. The van der Waals surface area contributed by atoms with E-state index in [9.17, 15) is 9.59 Å². The molecule has 0 bridgehead atoms. The van der Waals surface area contributed by atoms with E-state index in [1.165, 1.54) is 0 Å². The van der Waals surface area contributed by atoms with Crippen molar-refractivity contribution in [3.05, 3.63) is 72.1 Å². The molecular formula is C20H17N3O2. The third kappa shape index (κ3) is 3.08. The lowest BCUT2D eigenvalue weighted by Crippen LogP contribution is -2.15. The summed E-state index contributed by atoms with van der Waals surface area (Å²) in [6, 6.07) is 14.9. The molecule has 0 saturated heterocycles. The largest absolute Gasteiger partial charge is 0.366 e. The van der Waals surface area contributed by atoms with E-state index in [0.717, 1.165) is 28.4 Å². The summed E-state index contributed by atoms with van der Waals surface area (Å²) in [6.07, 6.45) is 4.31. The maximum Gasteiger partial charge on any atom is 0.248 e. The number of pyridine rings is 1. The summed E-state index contributed by atoms with van der Waals surface area (Å²) >= 11 is 0. The first kappa shape index (κ1) is 15.3. The fourth-order valence-electron chi connectivity index (χ4n) is 3.17. The van der Waals surface area contributed by atoms with Gasteiger partial charge in [-0.15, -0.1) is 0 Å². The van der Waals surface area contributed by atoms with E-state index in [2.05, 4.69) is 10.3 Å². The molecular weight excluding hydrogens is 314 g/mol. The number of nitrogens with two attached hydrogens (primary N) is 1. The van der Waals surface area contributed by atoms with E-state index in [0.29, 0.717) is 5.56 Å². The van der Waals surface area contributed by atoms with Crippen molar-refractivity contribution in [1.29, 1.82) is 0 Å². The van der Waals surface area contributed by atoms with Crippen LogP contribution in [0.15, 0.2) is 60.9 Å². The first-order valence-electron chi connectivity index (χ1n) is 8.16. The molecule has 0 radical (unpaired) electrons. The van der Waals surface area contributed by atoms with Gasteiger partial charge in [0, 0.05) is 34.9 Å². The maximum absolute atomic E-state index is 12.5. The lowest BCUT2D eigenvalue weighted by Gasteiger charge is -2.07. The molecule has 1 aromatic heterocycles. The molecule has 5 heteroatoms. The Bertz CT molecular complexity index is 983. The molecule has 3 N–H and O–H groups in total. The third-order valence-electron chi connectivity index (χ3n) is 4.63. The average molecular weight is 331 g/mol. The number of carbonyl (C=O) groups is 2. The number of rotatable bonds is 4. The zero-order valence-corrected chi connectivity index (χ0v) is 13.5. The Morgan fingerprint density at radius 1 is 1.08 bits per heavy atom. The van der Waals surface area contributed by atoms with Crippen molar-refractivity contribution in [3.63, 3.8) is 0 Å². The van der Waals surface area contributed by atoms with Crippen LogP contribution in [0.5, 0.6) is 0 Å². The van der Waals surface area contributed by atoms with Crippen molar-refractivity contribution in [2.45, 2.75) is 12.3 Å². The second-order valence-electron chi connectivity index (χ2n) is 6.37. The van der Waals surface area contributed by atoms with Gasteiger partial charge in [0.15, 0.2) is 0 Å². The number of aromatic nitrogens is 1. The van der Waals surface area contributed by atoms with Crippen LogP contribution in [0, 0.1) is 5.92 Å². The molecule has 0 spiro atoms. The van der Waals surface area contributed by atoms with E-state index < -0.39 is 5.91 Å². The van der Waals surface area contributed by atoms with Crippen molar-refractivity contribution in [3.8, 4) is 0 Å². The molecule has 1 aliphatic carbocycles. The van der Waals surface area contributed by atoms with Crippen LogP contribution in [0.25, 0.3) is 10.8 Å². The summed E-state index contributed by atoms with van der Waals surface area (Å²) in [7, 11) is 0. The molecule has 4 rings (SSSR count). The van der Waals surface area contributed by atoms with Crippen LogP contribution in [0.2, 0.25) is 0 Å². The summed E-state index contributed by atoms with van der Waals surface area (Å²) in [5.74, 6) is -0.378. The van der Waals surface area contributed by atoms with Crippen LogP contribution in [-0.2, 0) is 4.79 Å². The van der Waals surface area contributed by atoms with Gasteiger partial charge in [0.1, 0.15) is 0 Å². The Labute approximate surface area is 144 Å². The molecule has 3 aromatic rings. The first-order valence-corrected chi connectivity index (χ1v) is 8.16. The van der Waals surface area contributed by atoms with Crippen LogP contribution < -0.4 is 11.1 Å². The molecule has 0 unspecified atom stereocenters. The van der Waals surface area contributed by atoms with Gasteiger partial charge in [0.25, 0.3) is 0 Å².